The Kier molecular flexibility index (Phi) is 7.00. The molecule has 0 radical (unpaired) electrons. The first kappa shape index (κ1) is 22.7. The summed E-state index contributed by atoms with van der Waals surface area (Å²) in [7, 11) is 0. The summed E-state index contributed by atoms with van der Waals surface area (Å²) in [5.41, 5.74) is 0.835. The second-order valence-corrected chi connectivity index (χ2v) is 7.31. The van der Waals surface area contributed by atoms with Gasteiger partial charge in [-0.1, -0.05) is 0 Å². The van der Waals surface area contributed by atoms with E-state index in [-0.39, 0.29) is 34.0 Å². The average Bonchev–Trinajstić information content (AvgIpc) is 3.41. The smallest absolute Gasteiger partial charge is 0.341 e. The third kappa shape index (κ3) is 5.01. The summed E-state index contributed by atoms with van der Waals surface area (Å²) < 4.78 is 15.4. The van der Waals surface area contributed by atoms with Gasteiger partial charge in [0.1, 0.15) is 16.3 Å². The fraction of sp³-hybridized carbons (Fsp3) is 0.190. The summed E-state index contributed by atoms with van der Waals surface area (Å²) in [5, 5.41) is 15.3. The lowest BCUT2D eigenvalue weighted by Gasteiger charge is -2.09. The number of rotatable bonds is 8. The van der Waals surface area contributed by atoms with Gasteiger partial charge in [0.2, 0.25) is 0 Å². The van der Waals surface area contributed by atoms with Crippen molar-refractivity contribution in [1.82, 2.24) is 0 Å². The molecular formula is C21H18N2O8S. The van der Waals surface area contributed by atoms with Gasteiger partial charge in [-0.3, -0.25) is 14.9 Å². The van der Waals surface area contributed by atoms with E-state index in [1.807, 2.05) is 0 Å². The first-order valence-corrected chi connectivity index (χ1v) is 10.2. The standard InChI is InChI=1S/C21H18N2O8S/c1-3-29-21(26)18-14(16-5-4-8-30-16)11-32-19(18)22-17(24)10-31-20(25)13-6-7-15(23(27)28)12(2)9-13/h4-9,11H,3,10H2,1-2H3,(H,22,24). The fourth-order valence-corrected chi connectivity index (χ4v) is 3.79. The molecule has 0 unspecified atom stereocenters. The Balaban J connectivity index is 1.70. The molecule has 1 amide bonds. The fourth-order valence-electron chi connectivity index (χ4n) is 2.83. The van der Waals surface area contributed by atoms with E-state index < -0.39 is 29.4 Å². The Morgan fingerprint density at radius 3 is 2.59 bits per heavy atom. The zero-order valence-corrected chi connectivity index (χ0v) is 17.9. The van der Waals surface area contributed by atoms with Crippen LogP contribution in [0.2, 0.25) is 0 Å². The van der Waals surface area contributed by atoms with Crippen molar-refractivity contribution in [2.75, 3.05) is 18.5 Å². The molecule has 11 heteroatoms. The highest BCUT2D eigenvalue weighted by molar-refractivity contribution is 7.15. The van der Waals surface area contributed by atoms with E-state index in [2.05, 4.69) is 5.32 Å². The molecule has 0 bridgehead atoms. The van der Waals surface area contributed by atoms with Gasteiger partial charge in [-0.15, -0.1) is 11.3 Å². The van der Waals surface area contributed by atoms with Crippen molar-refractivity contribution in [3.8, 4) is 11.3 Å². The summed E-state index contributed by atoms with van der Waals surface area (Å²) in [6.45, 7) is 2.68. The van der Waals surface area contributed by atoms with E-state index in [9.17, 15) is 24.5 Å². The number of furan rings is 1. The van der Waals surface area contributed by atoms with Gasteiger partial charge in [-0.2, -0.15) is 0 Å². The van der Waals surface area contributed by atoms with Crippen molar-refractivity contribution in [2.45, 2.75) is 13.8 Å². The monoisotopic (exact) mass is 458 g/mol. The van der Waals surface area contributed by atoms with E-state index in [4.69, 9.17) is 13.9 Å². The Hall–Kier alpha value is -3.99. The minimum atomic E-state index is -0.814. The van der Waals surface area contributed by atoms with E-state index in [0.717, 1.165) is 11.3 Å². The number of benzene rings is 1. The van der Waals surface area contributed by atoms with Crippen molar-refractivity contribution < 1.29 is 33.2 Å². The maximum atomic E-state index is 12.4. The first-order chi connectivity index (χ1) is 15.3. The molecule has 0 spiro atoms. The van der Waals surface area contributed by atoms with Crippen LogP contribution in [0.3, 0.4) is 0 Å². The number of anilines is 1. The quantitative estimate of drug-likeness (QED) is 0.301. The maximum Gasteiger partial charge on any atom is 0.341 e. The van der Waals surface area contributed by atoms with Crippen LogP contribution < -0.4 is 5.32 Å². The first-order valence-electron chi connectivity index (χ1n) is 9.36. The molecule has 0 saturated heterocycles. The number of amides is 1. The van der Waals surface area contributed by atoms with E-state index in [1.165, 1.54) is 31.4 Å². The number of carbonyl (C=O) groups excluding carboxylic acids is 3. The van der Waals surface area contributed by atoms with Crippen LogP contribution >= 0.6 is 11.3 Å². The highest BCUT2D eigenvalue weighted by Gasteiger charge is 2.24. The lowest BCUT2D eigenvalue weighted by Crippen LogP contribution is -2.21. The van der Waals surface area contributed by atoms with Crippen LogP contribution in [0.1, 0.15) is 33.2 Å². The van der Waals surface area contributed by atoms with Gasteiger partial charge < -0.3 is 19.2 Å². The zero-order chi connectivity index (χ0) is 23.3. The number of esters is 2. The molecule has 2 aromatic heterocycles. The van der Waals surface area contributed by atoms with Crippen LogP contribution in [0.5, 0.6) is 0 Å². The third-order valence-electron chi connectivity index (χ3n) is 4.27. The number of nitrogens with zero attached hydrogens (tertiary/aromatic N) is 1. The summed E-state index contributed by atoms with van der Waals surface area (Å²) in [4.78, 5) is 47.3. The Morgan fingerprint density at radius 2 is 1.97 bits per heavy atom. The number of thiophene rings is 1. The van der Waals surface area contributed by atoms with Crippen molar-refractivity contribution >= 4 is 39.9 Å². The lowest BCUT2D eigenvalue weighted by molar-refractivity contribution is -0.385. The van der Waals surface area contributed by atoms with Crippen LogP contribution in [-0.2, 0) is 14.3 Å². The number of nitro benzene ring substituents is 1. The van der Waals surface area contributed by atoms with Gasteiger partial charge in [-0.05, 0) is 38.1 Å². The number of hydrogen-bond donors (Lipinski definition) is 1. The number of hydrogen-bond acceptors (Lipinski definition) is 9. The molecule has 0 fully saturated rings. The zero-order valence-electron chi connectivity index (χ0n) is 17.1. The van der Waals surface area contributed by atoms with Gasteiger partial charge in [0.25, 0.3) is 11.6 Å². The number of nitrogens with one attached hydrogen (secondary N) is 1. The average molecular weight is 458 g/mol. The molecule has 3 rings (SSSR count). The van der Waals surface area contributed by atoms with E-state index in [0.29, 0.717) is 11.3 Å². The van der Waals surface area contributed by atoms with Gasteiger partial charge in [0.15, 0.2) is 6.61 Å². The molecule has 0 aliphatic heterocycles. The van der Waals surface area contributed by atoms with Gasteiger partial charge in [-0.25, -0.2) is 9.59 Å². The van der Waals surface area contributed by atoms with Crippen molar-refractivity contribution in [3.05, 3.63) is 68.8 Å². The summed E-state index contributed by atoms with van der Waals surface area (Å²) >= 11 is 1.10. The molecule has 2 heterocycles. The van der Waals surface area contributed by atoms with Crippen LogP contribution in [0.25, 0.3) is 11.3 Å². The van der Waals surface area contributed by atoms with Gasteiger partial charge in [0, 0.05) is 22.6 Å². The van der Waals surface area contributed by atoms with E-state index >= 15 is 0 Å². The number of aryl methyl sites for hydroxylation is 1. The van der Waals surface area contributed by atoms with Crippen LogP contribution in [0.15, 0.2) is 46.4 Å². The van der Waals surface area contributed by atoms with Crippen molar-refractivity contribution in [1.29, 1.82) is 0 Å². The maximum absolute atomic E-state index is 12.4. The normalized spacial score (nSPS) is 10.4. The second-order valence-electron chi connectivity index (χ2n) is 6.43. The van der Waals surface area contributed by atoms with Crippen LogP contribution in [-0.4, -0.2) is 36.0 Å². The topological polar surface area (TPSA) is 138 Å². The summed E-state index contributed by atoms with van der Waals surface area (Å²) in [6.07, 6.45) is 1.46. The number of nitro groups is 1. The highest BCUT2D eigenvalue weighted by atomic mass is 32.1. The minimum absolute atomic E-state index is 0.0735. The summed E-state index contributed by atoms with van der Waals surface area (Å²) in [5.74, 6) is -1.68. The molecule has 3 aromatic rings. The SMILES string of the molecule is CCOC(=O)c1c(-c2ccco2)csc1NC(=O)COC(=O)c1ccc([N+](=O)[O-])c(C)c1. The molecule has 0 saturated carbocycles. The number of ether oxygens (including phenoxy) is 2. The molecule has 0 aliphatic carbocycles. The largest absolute Gasteiger partial charge is 0.464 e. The molecule has 0 atom stereocenters. The van der Waals surface area contributed by atoms with Gasteiger partial charge >= 0.3 is 11.9 Å². The van der Waals surface area contributed by atoms with Crippen molar-refractivity contribution in [3.63, 3.8) is 0 Å². The summed E-state index contributed by atoms with van der Waals surface area (Å²) in [6, 6.07) is 7.09. The molecular weight excluding hydrogens is 440 g/mol. The number of carbonyl (C=O) groups is 3. The van der Waals surface area contributed by atoms with Crippen LogP contribution in [0.4, 0.5) is 10.7 Å². The molecule has 166 valence electrons. The molecule has 10 nitrogen and oxygen atoms in total. The third-order valence-corrected chi connectivity index (χ3v) is 5.17. The van der Waals surface area contributed by atoms with Gasteiger partial charge in [0.05, 0.1) is 23.4 Å². The Bertz CT molecular complexity index is 1170. The molecule has 1 N–H and O–H groups in total. The Labute approximate surface area is 185 Å². The van der Waals surface area contributed by atoms with Crippen molar-refractivity contribution in [2.24, 2.45) is 0 Å². The minimum Gasteiger partial charge on any atom is -0.464 e. The molecule has 32 heavy (non-hydrogen) atoms. The lowest BCUT2D eigenvalue weighted by atomic mass is 10.1. The second kappa shape index (κ2) is 9.88. The predicted octanol–water partition coefficient (Wildman–Crippen LogP) is 4.20. The molecule has 0 aliphatic rings. The van der Waals surface area contributed by atoms with Crippen LogP contribution in [0, 0.1) is 17.0 Å². The van der Waals surface area contributed by atoms with E-state index in [1.54, 1.807) is 24.4 Å². The Morgan fingerprint density at radius 1 is 1.19 bits per heavy atom. The molecule has 1 aromatic carbocycles. The highest BCUT2D eigenvalue weighted by Crippen LogP contribution is 2.36. The predicted molar refractivity (Wildman–Crippen MR) is 115 cm³/mol.